The number of rotatable bonds is 3. The summed E-state index contributed by atoms with van der Waals surface area (Å²) < 4.78 is 0. The minimum atomic E-state index is -0.164. The molecule has 0 aromatic rings. The van der Waals surface area contributed by atoms with Gasteiger partial charge < -0.3 is 5.32 Å². The maximum Gasteiger partial charge on any atom is 0.243 e. The van der Waals surface area contributed by atoms with Crippen LogP contribution in [0.4, 0.5) is 0 Å². The third-order valence-corrected chi connectivity index (χ3v) is 3.03. The first kappa shape index (κ1) is 9.65. The van der Waals surface area contributed by atoms with Crippen LogP contribution >= 0.6 is 0 Å². The zero-order chi connectivity index (χ0) is 10.1. The van der Waals surface area contributed by atoms with E-state index < -0.39 is 0 Å². The predicted octanol–water partition coefficient (Wildman–Crippen LogP) is 0.180. The van der Waals surface area contributed by atoms with Crippen molar-refractivity contribution < 1.29 is 9.59 Å². The molecule has 2 amide bonds. The first-order chi connectivity index (χ1) is 6.66. The molecule has 2 fully saturated rings. The fourth-order valence-corrected chi connectivity index (χ4v) is 1.90. The molecule has 0 radical (unpaired) electrons. The Hall–Kier alpha value is -0.900. The molecule has 78 valence electrons. The van der Waals surface area contributed by atoms with Crippen molar-refractivity contribution >= 4 is 11.8 Å². The SMILES string of the molecule is CC(NC1CCC(=O)NC1=O)C1CC1. The number of imide groups is 1. The van der Waals surface area contributed by atoms with Crippen LogP contribution in [0.15, 0.2) is 0 Å². The Balaban J connectivity index is 1.84. The molecular formula is C10H16N2O2. The summed E-state index contributed by atoms with van der Waals surface area (Å²) in [5, 5.41) is 5.64. The zero-order valence-corrected chi connectivity index (χ0v) is 8.38. The van der Waals surface area contributed by atoms with Gasteiger partial charge in [0.1, 0.15) is 0 Å². The molecule has 0 spiro atoms. The van der Waals surface area contributed by atoms with Crippen LogP contribution < -0.4 is 10.6 Å². The van der Waals surface area contributed by atoms with Gasteiger partial charge in [-0.2, -0.15) is 0 Å². The van der Waals surface area contributed by atoms with Gasteiger partial charge in [-0.3, -0.25) is 14.9 Å². The molecule has 2 N–H and O–H groups in total. The summed E-state index contributed by atoms with van der Waals surface area (Å²) in [5.74, 6) is 0.432. The quantitative estimate of drug-likeness (QED) is 0.633. The van der Waals surface area contributed by atoms with Crippen molar-refractivity contribution in [3.63, 3.8) is 0 Å². The third kappa shape index (κ3) is 2.12. The van der Waals surface area contributed by atoms with E-state index in [1.807, 2.05) is 0 Å². The van der Waals surface area contributed by atoms with Crippen LogP contribution in [0.25, 0.3) is 0 Å². The van der Waals surface area contributed by atoms with Crippen molar-refractivity contribution in [3.8, 4) is 0 Å². The van der Waals surface area contributed by atoms with E-state index in [1.54, 1.807) is 0 Å². The second kappa shape index (κ2) is 3.69. The molecule has 0 aromatic carbocycles. The van der Waals surface area contributed by atoms with E-state index >= 15 is 0 Å². The molecule has 1 aliphatic carbocycles. The van der Waals surface area contributed by atoms with Gasteiger partial charge in [0.2, 0.25) is 11.8 Å². The minimum Gasteiger partial charge on any atom is -0.303 e. The molecule has 2 aliphatic rings. The molecule has 4 heteroatoms. The second-order valence-corrected chi connectivity index (χ2v) is 4.30. The van der Waals surface area contributed by atoms with Crippen LogP contribution in [0.2, 0.25) is 0 Å². The summed E-state index contributed by atoms with van der Waals surface area (Å²) in [5.41, 5.74) is 0. The van der Waals surface area contributed by atoms with Gasteiger partial charge >= 0.3 is 0 Å². The van der Waals surface area contributed by atoms with E-state index in [-0.39, 0.29) is 17.9 Å². The molecule has 1 saturated heterocycles. The number of piperidine rings is 1. The topological polar surface area (TPSA) is 58.2 Å². The maximum absolute atomic E-state index is 11.4. The van der Waals surface area contributed by atoms with Crippen molar-refractivity contribution in [1.82, 2.24) is 10.6 Å². The number of hydrogen-bond donors (Lipinski definition) is 2. The molecule has 2 rings (SSSR count). The summed E-state index contributed by atoms with van der Waals surface area (Å²) in [6.07, 6.45) is 3.63. The fraction of sp³-hybridized carbons (Fsp3) is 0.800. The fourth-order valence-electron chi connectivity index (χ4n) is 1.90. The first-order valence-corrected chi connectivity index (χ1v) is 5.26. The maximum atomic E-state index is 11.4. The average Bonchev–Trinajstić information content (AvgIpc) is 2.92. The standard InChI is InChI=1S/C10H16N2O2/c1-6(7-2-3-7)11-8-4-5-9(13)12-10(8)14/h6-8,11H,2-5H2,1H3,(H,12,13,14). The summed E-state index contributed by atoms with van der Waals surface area (Å²) >= 11 is 0. The average molecular weight is 196 g/mol. The molecule has 2 atom stereocenters. The van der Waals surface area contributed by atoms with Gasteiger partial charge in [0, 0.05) is 12.5 Å². The monoisotopic (exact) mass is 196 g/mol. The molecule has 1 saturated carbocycles. The number of carbonyl (C=O) groups is 2. The van der Waals surface area contributed by atoms with Crippen LogP contribution in [-0.4, -0.2) is 23.9 Å². The molecule has 14 heavy (non-hydrogen) atoms. The van der Waals surface area contributed by atoms with E-state index in [1.165, 1.54) is 12.8 Å². The number of nitrogens with one attached hydrogen (secondary N) is 2. The summed E-state index contributed by atoms with van der Waals surface area (Å²) in [6, 6.07) is 0.238. The highest BCUT2D eigenvalue weighted by Gasteiger charge is 2.33. The third-order valence-electron chi connectivity index (χ3n) is 3.03. The normalized spacial score (nSPS) is 29.9. The Morgan fingerprint density at radius 2 is 2.07 bits per heavy atom. The van der Waals surface area contributed by atoms with Crippen molar-refractivity contribution in [3.05, 3.63) is 0 Å². The van der Waals surface area contributed by atoms with E-state index in [4.69, 9.17) is 0 Å². The van der Waals surface area contributed by atoms with Crippen LogP contribution in [0.5, 0.6) is 0 Å². The smallest absolute Gasteiger partial charge is 0.243 e. The lowest BCUT2D eigenvalue weighted by Crippen LogP contribution is -2.53. The number of amides is 2. The van der Waals surface area contributed by atoms with Crippen molar-refractivity contribution in [1.29, 1.82) is 0 Å². The van der Waals surface area contributed by atoms with Crippen molar-refractivity contribution in [2.75, 3.05) is 0 Å². The highest BCUT2D eigenvalue weighted by Crippen LogP contribution is 2.32. The Kier molecular flexibility index (Phi) is 2.54. The molecule has 1 heterocycles. The molecule has 0 aromatic heterocycles. The summed E-state index contributed by atoms with van der Waals surface area (Å²) in [4.78, 5) is 22.3. The van der Waals surface area contributed by atoms with Gasteiger partial charge in [0.15, 0.2) is 0 Å². The van der Waals surface area contributed by atoms with E-state index in [0.29, 0.717) is 18.9 Å². The second-order valence-electron chi connectivity index (χ2n) is 4.30. The highest BCUT2D eigenvalue weighted by atomic mass is 16.2. The number of hydrogen-bond acceptors (Lipinski definition) is 3. The predicted molar refractivity (Wildman–Crippen MR) is 51.5 cm³/mol. The van der Waals surface area contributed by atoms with E-state index in [0.717, 1.165) is 5.92 Å². The lowest BCUT2D eigenvalue weighted by atomic mass is 10.0. The van der Waals surface area contributed by atoms with Crippen LogP contribution in [0, 0.1) is 5.92 Å². The highest BCUT2D eigenvalue weighted by molar-refractivity contribution is 6.00. The Bertz CT molecular complexity index is 261. The lowest BCUT2D eigenvalue weighted by Gasteiger charge is -2.25. The Morgan fingerprint density at radius 3 is 2.64 bits per heavy atom. The molecule has 4 nitrogen and oxygen atoms in total. The van der Waals surface area contributed by atoms with Gasteiger partial charge in [0.25, 0.3) is 0 Å². The number of carbonyl (C=O) groups excluding carboxylic acids is 2. The first-order valence-electron chi connectivity index (χ1n) is 5.26. The van der Waals surface area contributed by atoms with Gasteiger partial charge in [-0.05, 0) is 32.1 Å². The van der Waals surface area contributed by atoms with Crippen LogP contribution in [0.1, 0.15) is 32.6 Å². The zero-order valence-electron chi connectivity index (χ0n) is 8.38. The van der Waals surface area contributed by atoms with E-state index in [2.05, 4.69) is 17.6 Å². The molecule has 0 bridgehead atoms. The Labute approximate surface area is 83.4 Å². The summed E-state index contributed by atoms with van der Waals surface area (Å²) in [7, 11) is 0. The molecule has 1 aliphatic heterocycles. The Morgan fingerprint density at radius 1 is 1.36 bits per heavy atom. The summed E-state index contributed by atoms with van der Waals surface area (Å²) in [6.45, 7) is 2.11. The van der Waals surface area contributed by atoms with Crippen LogP contribution in [0.3, 0.4) is 0 Å². The lowest BCUT2D eigenvalue weighted by molar-refractivity contribution is -0.134. The molecular weight excluding hydrogens is 180 g/mol. The van der Waals surface area contributed by atoms with Gasteiger partial charge in [0.05, 0.1) is 6.04 Å². The van der Waals surface area contributed by atoms with Gasteiger partial charge in [-0.1, -0.05) is 0 Å². The minimum absolute atomic E-state index is 0.146. The van der Waals surface area contributed by atoms with Crippen molar-refractivity contribution in [2.45, 2.75) is 44.7 Å². The van der Waals surface area contributed by atoms with Gasteiger partial charge in [-0.15, -0.1) is 0 Å². The van der Waals surface area contributed by atoms with Crippen molar-refractivity contribution in [2.24, 2.45) is 5.92 Å². The van der Waals surface area contributed by atoms with E-state index in [9.17, 15) is 9.59 Å². The van der Waals surface area contributed by atoms with Gasteiger partial charge in [-0.25, -0.2) is 0 Å². The van der Waals surface area contributed by atoms with Crippen LogP contribution in [-0.2, 0) is 9.59 Å². The molecule has 2 unspecified atom stereocenters. The largest absolute Gasteiger partial charge is 0.303 e.